The van der Waals surface area contributed by atoms with E-state index in [-0.39, 0.29) is 23.6 Å². The van der Waals surface area contributed by atoms with E-state index in [1.165, 1.54) is 12.1 Å². The SMILES string of the molecule is Cc1cc(C)c2[nH]c(=O)c(CCC(=O)Nc3ccccc3F)cc2c1. The zero-order valence-electron chi connectivity index (χ0n) is 14.2. The molecule has 25 heavy (non-hydrogen) atoms. The highest BCUT2D eigenvalue weighted by atomic mass is 19.1. The Morgan fingerprint density at radius 2 is 1.92 bits per heavy atom. The number of rotatable bonds is 4. The largest absolute Gasteiger partial charge is 0.324 e. The number of pyridine rings is 1. The van der Waals surface area contributed by atoms with Crippen molar-refractivity contribution in [1.82, 2.24) is 4.98 Å². The van der Waals surface area contributed by atoms with Gasteiger partial charge in [-0.05, 0) is 55.5 Å². The van der Waals surface area contributed by atoms with E-state index in [0.717, 1.165) is 22.0 Å². The van der Waals surface area contributed by atoms with Crippen molar-refractivity contribution in [2.24, 2.45) is 0 Å². The van der Waals surface area contributed by atoms with Crippen LogP contribution in [0.25, 0.3) is 10.9 Å². The lowest BCUT2D eigenvalue weighted by atomic mass is 10.0. The minimum atomic E-state index is -0.481. The Hall–Kier alpha value is -2.95. The Morgan fingerprint density at radius 3 is 2.68 bits per heavy atom. The Labute approximate surface area is 144 Å². The van der Waals surface area contributed by atoms with Crippen molar-refractivity contribution in [3.63, 3.8) is 0 Å². The van der Waals surface area contributed by atoms with Gasteiger partial charge in [-0.2, -0.15) is 0 Å². The first-order chi connectivity index (χ1) is 11.9. The Morgan fingerprint density at radius 1 is 1.16 bits per heavy atom. The quantitative estimate of drug-likeness (QED) is 0.759. The summed E-state index contributed by atoms with van der Waals surface area (Å²) >= 11 is 0. The van der Waals surface area contributed by atoms with Crippen LogP contribution < -0.4 is 10.9 Å². The molecule has 0 atom stereocenters. The van der Waals surface area contributed by atoms with Gasteiger partial charge in [-0.1, -0.05) is 23.8 Å². The van der Waals surface area contributed by atoms with Crippen molar-refractivity contribution >= 4 is 22.5 Å². The third kappa shape index (κ3) is 3.76. The number of aryl methyl sites for hydroxylation is 3. The zero-order valence-corrected chi connectivity index (χ0v) is 14.2. The lowest BCUT2D eigenvalue weighted by Gasteiger charge is -2.08. The highest BCUT2D eigenvalue weighted by Crippen LogP contribution is 2.18. The number of carbonyl (C=O) groups is 1. The molecule has 0 radical (unpaired) electrons. The van der Waals surface area contributed by atoms with Gasteiger partial charge in [0.1, 0.15) is 5.82 Å². The van der Waals surface area contributed by atoms with E-state index in [1.54, 1.807) is 12.1 Å². The topological polar surface area (TPSA) is 62.0 Å². The van der Waals surface area contributed by atoms with Gasteiger partial charge < -0.3 is 10.3 Å². The second kappa shape index (κ2) is 6.89. The monoisotopic (exact) mass is 338 g/mol. The van der Waals surface area contributed by atoms with E-state index in [1.807, 2.05) is 32.0 Å². The minimum absolute atomic E-state index is 0.105. The van der Waals surface area contributed by atoms with Crippen molar-refractivity contribution in [3.8, 4) is 0 Å². The average Bonchev–Trinajstić information content (AvgIpc) is 2.56. The summed E-state index contributed by atoms with van der Waals surface area (Å²) in [5, 5.41) is 3.48. The molecule has 0 aliphatic carbocycles. The normalized spacial score (nSPS) is 10.8. The predicted molar refractivity (Wildman–Crippen MR) is 97.4 cm³/mol. The van der Waals surface area contributed by atoms with E-state index in [4.69, 9.17) is 0 Å². The van der Waals surface area contributed by atoms with Crippen LogP contribution in [0.15, 0.2) is 47.3 Å². The van der Waals surface area contributed by atoms with Crippen molar-refractivity contribution in [2.45, 2.75) is 26.7 Å². The van der Waals surface area contributed by atoms with Gasteiger partial charge in [0.2, 0.25) is 5.91 Å². The summed E-state index contributed by atoms with van der Waals surface area (Å²) < 4.78 is 13.6. The van der Waals surface area contributed by atoms with Crippen molar-refractivity contribution in [3.05, 3.63) is 75.3 Å². The number of fused-ring (bicyclic) bond motifs is 1. The van der Waals surface area contributed by atoms with Gasteiger partial charge in [0, 0.05) is 12.0 Å². The molecule has 3 rings (SSSR count). The molecule has 128 valence electrons. The molecule has 2 N–H and O–H groups in total. The van der Waals surface area contributed by atoms with Gasteiger partial charge >= 0.3 is 0 Å². The van der Waals surface area contributed by atoms with Gasteiger partial charge in [-0.3, -0.25) is 9.59 Å². The predicted octanol–water partition coefficient (Wildman–Crippen LogP) is 3.86. The number of amides is 1. The number of benzene rings is 2. The Balaban J connectivity index is 1.77. The third-order valence-corrected chi connectivity index (χ3v) is 4.14. The maximum absolute atomic E-state index is 13.6. The number of halogens is 1. The van der Waals surface area contributed by atoms with Crippen LogP contribution >= 0.6 is 0 Å². The number of carbonyl (C=O) groups excluding carboxylic acids is 1. The lowest BCUT2D eigenvalue weighted by Crippen LogP contribution is -2.17. The minimum Gasteiger partial charge on any atom is -0.324 e. The van der Waals surface area contributed by atoms with Crippen LogP contribution in [-0.4, -0.2) is 10.9 Å². The maximum Gasteiger partial charge on any atom is 0.251 e. The molecule has 1 heterocycles. The maximum atomic E-state index is 13.6. The van der Waals surface area contributed by atoms with Crippen LogP contribution in [0, 0.1) is 19.7 Å². The summed E-state index contributed by atoms with van der Waals surface area (Å²) in [6.07, 6.45) is 0.395. The number of aromatic amines is 1. The third-order valence-electron chi connectivity index (χ3n) is 4.14. The molecule has 0 fully saturated rings. The number of nitrogens with one attached hydrogen (secondary N) is 2. The highest BCUT2D eigenvalue weighted by molar-refractivity contribution is 5.91. The number of H-pyrrole nitrogens is 1. The number of anilines is 1. The molecule has 0 spiro atoms. The summed E-state index contributed by atoms with van der Waals surface area (Å²) in [5.74, 6) is -0.810. The first-order valence-electron chi connectivity index (χ1n) is 8.11. The number of para-hydroxylation sites is 1. The smallest absolute Gasteiger partial charge is 0.251 e. The fourth-order valence-electron chi connectivity index (χ4n) is 2.94. The molecular weight excluding hydrogens is 319 g/mol. The molecule has 2 aromatic carbocycles. The molecule has 0 unspecified atom stereocenters. The first-order valence-corrected chi connectivity index (χ1v) is 8.11. The van der Waals surface area contributed by atoms with E-state index in [9.17, 15) is 14.0 Å². The fraction of sp³-hybridized carbons (Fsp3) is 0.200. The molecule has 0 aliphatic heterocycles. The second-order valence-corrected chi connectivity index (χ2v) is 6.20. The standard InChI is InChI=1S/C20H19FN2O2/c1-12-9-13(2)19-15(10-12)11-14(20(25)23-19)7-8-18(24)22-17-6-4-3-5-16(17)21/h3-6,9-11H,7-8H2,1-2H3,(H,22,24)(H,23,25). The Kier molecular flexibility index (Phi) is 4.65. The molecule has 0 saturated carbocycles. The molecule has 0 bridgehead atoms. The van der Waals surface area contributed by atoms with E-state index in [0.29, 0.717) is 12.0 Å². The van der Waals surface area contributed by atoms with Gasteiger partial charge in [0.05, 0.1) is 11.2 Å². The van der Waals surface area contributed by atoms with E-state index < -0.39 is 5.82 Å². The van der Waals surface area contributed by atoms with Gasteiger partial charge in [0.25, 0.3) is 5.56 Å². The zero-order chi connectivity index (χ0) is 18.0. The molecule has 0 aliphatic rings. The Bertz CT molecular complexity index is 1010. The number of hydrogen-bond donors (Lipinski definition) is 2. The fourth-order valence-corrected chi connectivity index (χ4v) is 2.94. The molecule has 1 amide bonds. The summed E-state index contributed by atoms with van der Waals surface area (Å²) in [5.41, 5.74) is 3.43. The molecular formula is C20H19FN2O2. The van der Waals surface area contributed by atoms with E-state index in [2.05, 4.69) is 10.3 Å². The number of aromatic nitrogens is 1. The molecule has 0 saturated heterocycles. The second-order valence-electron chi connectivity index (χ2n) is 6.20. The number of hydrogen-bond acceptors (Lipinski definition) is 2. The molecule has 3 aromatic rings. The molecule has 1 aromatic heterocycles. The van der Waals surface area contributed by atoms with Crippen LogP contribution in [0.2, 0.25) is 0 Å². The van der Waals surface area contributed by atoms with Crippen LogP contribution in [0.3, 0.4) is 0 Å². The summed E-state index contributed by atoms with van der Waals surface area (Å²) in [4.78, 5) is 27.2. The average molecular weight is 338 g/mol. The first kappa shape index (κ1) is 16.9. The summed E-state index contributed by atoms with van der Waals surface area (Å²) in [6.45, 7) is 3.95. The lowest BCUT2D eigenvalue weighted by molar-refractivity contribution is -0.116. The van der Waals surface area contributed by atoms with Crippen LogP contribution in [0.4, 0.5) is 10.1 Å². The van der Waals surface area contributed by atoms with Gasteiger partial charge in [-0.15, -0.1) is 0 Å². The summed E-state index contributed by atoms with van der Waals surface area (Å²) in [6, 6.07) is 11.8. The summed E-state index contributed by atoms with van der Waals surface area (Å²) in [7, 11) is 0. The van der Waals surface area contributed by atoms with Crippen LogP contribution in [-0.2, 0) is 11.2 Å². The van der Waals surface area contributed by atoms with Gasteiger partial charge in [0.15, 0.2) is 0 Å². The molecule has 5 heteroatoms. The molecule has 4 nitrogen and oxygen atoms in total. The van der Waals surface area contributed by atoms with Gasteiger partial charge in [-0.25, -0.2) is 4.39 Å². The van der Waals surface area contributed by atoms with E-state index >= 15 is 0 Å². The highest BCUT2D eigenvalue weighted by Gasteiger charge is 2.10. The van der Waals surface area contributed by atoms with Crippen molar-refractivity contribution in [1.29, 1.82) is 0 Å². The van der Waals surface area contributed by atoms with Crippen LogP contribution in [0.5, 0.6) is 0 Å². The van der Waals surface area contributed by atoms with Crippen molar-refractivity contribution in [2.75, 3.05) is 5.32 Å². The van der Waals surface area contributed by atoms with Crippen molar-refractivity contribution < 1.29 is 9.18 Å². The van der Waals surface area contributed by atoms with Crippen LogP contribution in [0.1, 0.15) is 23.1 Å².